The van der Waals surface area contributed by atoms with Crippen LogP contribution in [0.5, 0.6) is 11.6 Å². The largest absolute Gasteiger partial charge is 0.436 e. The van der Waals surface area contributed by atoms with E-state index in [9.17, 15) is 4.39 Å². The van der Waals surface area contributed by atoms with Crippen LogP contribution in [0.1, 0.15) is 24.0 Å². The molecule has 0 atom stereocenters. The van der Waals surface area contributed by atoms with Crippen LogP contribution < -0.4 is 10.1 Å². The lowest BCUT2D eigenvalue weighted by atomic mass is 10.2. The third kappa shape index (κ3) is 3.14. The van der Waals surface area contributed by atoms with E-state index < -0.39 is 0 Å². The first-order chi connectivity index (χ1) is 9.72. The van der Waals surface area contributed by atoms with E-state index >= 15 is 0 Å². The van der Waals surface area contributed by atoms with Crippen LogP contribution in [0, 0.1) is 12.7 Å². The van der Waals surface area contributed by atoms with Crippen LogP contribution >= 0.6 is 0 Å². The molecule has 1 heterocycles. The SMILES string of the molecule is Cc1cccc(Oc2cc(CNC3CC3)ccn2)c1F. The Morgan fingerprint density at radius 1 is 1.35 bits per heavy atom. The second kappa shape index (κ2) is 5.59. The maximum atomic E-state index is 13.9. The number of benzene rings is 1. The van der Waals surface area contributed by atoms with Gasteiger partial charge >= 0.3 is 0 Å². The molecule has 3 rings (SSSR count). The molecular formula is C16H17FN2O. The Labute approximate surface area is 117 Å². The van der Waals surface area contributed by atoms with Gasteiger partial charge in [0.05, 0.1) is 0 Å². The average Bonchev–Trinajstić information content (AvgIpc) is 3.26. The van der Waals surface area contributed by atoms with Crippen molar-refractivity contribution in [3.05, 3.63) is 53.5 Å². The van der Waals surface area contributed by atoms with E-state index in [1.807, 2.05) is 12.1 Å². The molecule has 1 aliphatic carbocycles. The van der Waals surface area contributed by atoms with E-state index in [0.717, 1.165) is 12.1 Å². The lowest BCUT2D eigenvalue weighted by Crippen LogP contribution is -2.15. The predicted octanol–water partition coefficient (Wildman–Crippen LogP) is 3.57. The molecule has 0 spiro atoms. The van der Waals surface area contributed by atoms with Gasteiger partial charge in [-0.1, -0.05) is 12.1 Å². The normalized spacial score (nSPS) is 14.3. The number of aromatic nitrogens is 1. The summed E-state index contributed by atoms with van der Waals surface area (Å²) in [5, 5.41) is 3.43. The minimum Gasteiger partial charge on any atom is -0.436 e. The fourth-order valence-corrected chi connectivity index (χ4v) is 1.98. The first kappa shape index (κ1) is 13.1. The molecule has 0 saturated heterocycles. The Morgan fingerprint density at radius 3 is 3.00 bits per heavy atom. The summed E-state index contributed by atoms with van der Waals surface area (Å²) in [6, 6.07) is 9.53. The standard InChI is InChI=1S/C16H17FN2O/c1-11-3-2-4-14(16(11)17)20-15-9-12(7-8-18-15)10-19-13-5-6-13/h2-4,7-9,13,19H,5-6,10H2,1H3. The molecular weight excluding hydrogens is 255 g/mol. The van der Waals surface area contributed by atoms with Crippen LogP contribution in [0.2, 0.25) is 0 Å². The van der Waals surface area contributed by atoms with E-state index in [0.29, 0.717) is 17.5 Å². The predicted molar refractivity (Wildman–Crippen MR) is 75.3 cm³/mol. The highest BCUT2D eigenvalue weighted by Gasteiger charge is 2.20. The maximum absolute atomic E-state index is 13.9. The van der Waals surface area contributed by atoms with Gasteiger partial charge in [0.25, 0.3) is 0 Å². The van der Waals surface area contributed by atoms with Crippen molar-refractivity contribution < 1.29 is 9.13 Å². The molecule has 1 aromatic heterocycles. The van der Waals surface area contributed by atoms with Gasteiger partial charge in [0.15, 0.2) is 11.6 Å². The van der Waals surface area contributed by atoms with E-state index in [1.165, 1.54) is 12.8 Å². The summed E-state index contributed by atoms with van der Waals surface area (Å²) in [5.41, 5.74) is 1.66. The molecule has 104 valence electrons. The highest BCUT2D eigenvalue weighted by molar-refractivity contribution is 5.33. The molecule has 1 saturated carbocycles. The number of halogens is 1. The van der Waals surface area contributed by atoms with Crippen LogP contribution in [-0.2, 0) is 6.54 Å². The Hall–Kier alpha value is -1.94. The van der Waals surface area contributed by atoms with Crippen LogP contribution in [0.25, 0.3) is 0 Å². The summed E-state index contributed by atoms with van der Waals surface area (Å²) in [7, 11) is 0. The lowest BCUT2D eigenvalue weighted by Gasteiger charge is -2.09. The van der Waals surface area contributed by atoms with Gasteiger partial charge in [-0.2, -0.15) is 0 Å². The summed E-state index contributed by atoms with van der Waals surface area (Å²) in [4.78, 5) is 4.13. The van der Waals surface area contributed by atoms with E-state index in [2.05, 4.69) is 10.3 Å². The lowest BCUT2D eigenvalue weighted by molar-refractivity contribution is 0.425. The van der Waals surface area contributed by atoms with Gasteiger partial charge < -0.3 is 10.1 Å². The van der Waals surface area contributed by atoms with Crippen molar-refractivity contribution in [3.8, 4) is 11.6 Å². The zero-order valence-corrected chi connectivity index (χ0v) is 11.4. The highest BCUT2D eigenvalue weighted by Crippen LogP contribution is 2.25. The molecule has 1 aromatic carbocycles. The van der Waals surface area contributed by atoms with E-state index in [-0.39, 0.29) is 11.6 Å². The van der Waals surface area contributed by atoms with Crippen molar-refractivity contribution in [2.75, 3.05) is 0 Å². The van der Waals surface area contributed by atoms with Gasteiger partial charge in [-0.3, -0.25) is 0 Å². The molecule has 4 heteroatoms. The second-order valence-corrected chi connectivity index (χ2v) is 5.15. The number of ether oxygens (including phenoxy) is 1. The number of aryl methyl sites for hydroxylation is 1. The van der Waals surface area contributed by atoms with E-state index in [4.69, 9.17) is 4.74 Å². The molecule has 0 unspecified atom stereocenters. The highest BCUT2D eigenvalue weighted by atomic mass is 19.1. The number of pyridine rings is 1. The van der Waals surface area contributed by atoms with Gasteiger partial charge in [0.2, 0.25) is 5.88 Å². The van der Waals surface area contributed by atoms with Gasteiger partial charge in [0.1, 0.15) is 0 Å². The Kier molecular flexibility index (Phi) is 3.65. The first-order valence-corrected chi connectivity index (χ1v) is 6.83. The number of nitrogens with zero attached hydrogens (tertiary/aromatic N) is 1. The molecule has 20 heavy (non-hydrogen) atoms. The summed E-state index contributed by atoms with van der Waals surface area (Å²) >= 11 is 0. The molecule has 0 bridgehead atoms. The number of rotatable bonds is 5. The minimum absolute atomic E-state index is 0.213. The van der Waals surface area contributed by atoms with Crippen molar-refractivity contribution in [2.45, 2.75) is 32.4 Å². The topological polar surface area (TPSA) is 34.1 Å². The molecule has 2 aromatic rings. The number of nitrogens with one attached hydrogen (secondary N) is 1. The smallest absolute Gasteiger partial charge is 0.219 e. The zero-order valence-electron chi connectivity index (χ0n) is 11.4. The van der Waals surface area contributed by atoms with Crippen LogP contribution in [0.15, 0.2) is 36.5 Å². The summed E-state index contributed by atoms with van der Waals surface area (Å²) in [5.74, 6) is 0.296. The van der Waals surface area contributed by atoms with E-state index in [1.54, 1.807) is 31.3 Å². The molecule has 1 N–H and O–H groups in total. The Balaban J connectivity index is 1.72. The third-order valence-corrected chi connectivity index (χ3v) is 3.34. The first-order valence-electron chi connectivity index (χ1n) is 6.83. The molecule has 0 radical (unpaired) electrons. The molecule has 1 aliphatic rings. The average molecular weight is 272 g/mol. The van der Waals surface area contributed by atoms with Gasteiger partial charge in [0, 0.05) is 24.8 Å². The summed E-state index contributed by atoms with van der Waals surface area (Å²) < 4.78 is 19.4. The second-order valence-electron chi connectivity index (χ2n) is 5.15. The van der Waals surface area contributed by atoms with Crippen molar-refractivity contribution in [1.82, 2.24) is 10.3 Å². The Morgan fingerprint density at radius 2 is 2.20 bits per heavy atom. The molecule has 0 amide bonds. The fourth-order valence-electron chi connectivity index (χ4n) is 1.98. The number of hydrogen-bond donors (Lipinski definition) is 1. The monoisotopic (exact) mass is 272 g/mol. The van der Waals surface area contributed by atoms with Crippen molar-refractivity contribution in [2.24, 2.45) is 0 Å². The summed E-state index contributed by atoms with van der Waals surface area (Å²) in [6.07, 6.45) is 4.19. The van der Waals surface area contributed by atoms with Crippen molar-refractivity contribution in [3.63, 3.8) is 0 Å². The Bertz CT molecular complexity index is 611. The molecule has 1 fully saturated rings. The van der Waals surface area contributed by atoms with Gasteiger partial charge in [-0.15, -0.1) is 0 Å². The van der Waals surface area contributed by atoms with Crippen LogP contribution in [0.4, 0.5) is 4.39 Å². The van der Waals surface area contributed by atoms with Crippen LogP contribution in [0.3, 0.4) is 0 Å². The maximum Gasteiger partial charge on any atom is 0.219 e. The van der Waals surface area contributed by atoms with Crippen molar-refractivity contribution in [1.29, 1.82) is 0 Å². The minimum atomic E-state index is -0.337. The van der Waals surface area contributed by atoms with Gasteiger partial charge in [-0.25, -0.2) is 9.37 Å². The van der Waals surface area contributed by atoms with Crippen LogP contribution in [-0.4, -0.2) is 11.0 Å². The molecule has 3 nitrogen and oxygen atoms in total. The van der Waals surface area contributed by atoms with Crippen molar-refractivity contribution >= 4 is 0 Å². The fraction of sp³-hybridized carbons (Fsp3) is 0.312. The number of hydrogen-bond acceptors (Lipinski definition) is 3. The summed E-state index contributed by atoms with van der Waals surface area (Å²) in [6.45, 7) is 2.51. The molecule has 0 aliphatic heterocycles. The van der Waals surface area contributed by atoms with Gasteiger partial charge in [-0.05, 0) is 43.0 Å². The quantitative estimate of drug-likeness (QED) is 0.903. The third-order valence-electron chi connectivity index (χ3n) is 3.34. The zero-order chi connectivity index (χ0) is 13.9.